The van der Waals surface area contributed by atoms with Gasteiger partial charge in [0.15, 0.2) is 16.6 Å². The first kappa shape index (κ1) is 25.4. The van der Waals surface area contributed by atoms with E-state index in [-0.39, 0.29) is 33.9 Å². The number of thiazole rings is 1. The molecule has 2 saturated heterocycles. The van der Waals surface area contributed by atoms with Crippen LogP contribution in [0.5, 0.6) is 17.2 Å². The van der Waals surface area contributed by atoms with Gasteiger partial charge < -0.3 is 34.5 Å². The van der Waals surface area contributed by atoms with Gasteiger partial charge in [0.2, 0.25) is 0 Å². The number of fused-ring (bicyclic) bond motifs is 5. The van der Waals surface area contributed by atoms with Crippen LogP contribution < -0.4 is 29.7 Å². The molecule has 2 unspecified atom stereocenters. The Labute approximate surface area is 240 Å². The maximum Gasteiger partial charge on any atom is 0.586 e. The zero-order valence-electron chi connectivity index (χ0n) is 21.9. The predicted molar refractivity (Wildman–Crippen MR) is 148 cm³/mol. The zero-order valence-corrected chi connectivity index (χ0v) is 23.5. The van der Waals surface area contributed by atoms with E-state index in [1.165, 1.54) is 24.5 Å². The fraction of sp³-hybridized carbons (Fsp3) is 0.444. The fourth-order valence-electron chi connectivity index (χ4n) is 6.24. The van der Waals surface area contributed by atoms with E-state index >= 15 is 0 Å². The van der Waals surface area contributed by atoms with Crippen molar-refractivity contribution in [2.24, 2.45) is 0 Å². The van der Waals surface area contributed by atoms with Crippen LogP contribution in [0.4, 0.5) is 19.6 Å². The van der Waals surface area contributed by atoms with E-state index in [4.69, 9.17) is 14.5 Å². The molecule has 4 heterocycles. The van der Waals surface area contributed by atoms with Crippen molar-refractivity contribution in [3.8, 4) is 17.2 Å². The predicted octanol–water partition coefficient (Wildman–Crippen LogP) is 4.23. The highest BCUT2D eigenvalue weighted by Crippen LogP contribution is 2.72. The molecular formula is C27H24F2N4O6S2. The van der Waals surface area contributed by atoms with Crippen molar-refractivity contribution in [2.75, 3.05) is 35.9 Å². The number of benzene rings is 2. The highest BCUT2D eigenvalue weighted by Gasteiger charge is 2.85. The van der Waals surface area contributed by atoms with E-state index in [0.29, 0.717) is 40.9 Å². The number of hydrogen-bond acceptors (Lipinski definition) is 10. The van der Waals surface area contributed by atoms with Gasteiger partial charge in [-0.15, -0.1) is 8.78 Å². The number of methoxy groups -OCH3 is 2. The van der Waals surface area contributed by atoms with Crippen LogP contribution in [0.25, 0.3) is 10.2 Å². The van der Waals surface area contributed by atoms with Gasteiger partial charge in [0.1, 0.15) is 11.3 Å². The van der Waals surface area contributed by atoms with Crippen LogP contribution in [0.2, 0.25) is 0 Å². The molecule has 2 aromatic carbocycles. The molecule has 2 aliphatic carbocycles. The lowest BCUT2D eigenvalue weighted by Gasteiger charge is -2.52. The number of alkyl halides is 2. The van der Waals surface area contributed by atoms with E-state index in [2.05, 4.69) is 25.0 Å². The summed E-state index contributed by atoms with van der Waals surface area (Å²) in [4.78, 5) is 34.4. The Morgan fingerprint density at radius 1 is 1.10 bits per heavy atom. The molecule has 3 aromatic rings. The maximum absolute atomic E-state index is 13.9. The van der Waals surface area contributed by atoms with Gasteiger partial charge in [-0.25, -0.2) is 4.98 Å². The summed E-state index contributed by atoms with van der Waals surface area (Å²) in [6.07, 6.45) is -1.43. The summed E-state index contributed by atoms with van der Waals surface area (Å²) < 4.78 is 48.7. The number of carbonyl (C=O) groups excluding carboxylic acids is 2. The molecule has 5 aliphatic rings. The summed E-state index contributed by atoms with van der Waals surface area (Å²) in [5, 5.41) is 6.54. The summed E-state index contributed by atoms with van der Waals surface area (Å²) >= 11 is 3.36. The molecular weight excluding hydrogens is 578 g/mol. The number of aromatic nitrogens is 1. The van der Waals surface area contributed by atoms with Gasteiger partial charge in [-0.2, -0.15) is 11.8 Å². The Hall–Kier alpha value is -3.36. The number of hydrogen-bond donors (Lipinski definition) is 2. The van der Waals surface area contributed by atoms with E-state index in [1.807, 2.05) is 17.8 Å². The monoisotopic (exact) mass is 602 g/mol. The third-order valence-electron chi connectivity index (χ3n) is 8.70. The van der Waals surface area contributed by atoms with Crippen LogP contribution in [-0.4, -0.2) is 72.0 Å². The van der Waals surface area contributed by atoms with Crippen LogP contribution in [-0.2, 0) is 4.74 Å². The van der Waals surface area contributed by atoms with E-state index in [9.17, 15) is 18.4 Å². The van der Waals surface area contributed by atoms with Crippen LogP contribution in [0, 0.1) is 0 Å². The molecule has 214 valence electrons. The number of anilines is 2. The van der Waals surface area contributed by atoms with Gasteiger partial charge in [-0.1, -0.05) is 11.3 Å². The highest BCUT2D eigenvalue weighted by molar-refractivity contribution is 7.99. The lowest BCUT2D eigenvalue weighted by molar-refractivity contribution is -0.286. The third kappa shape index (κ3) is 3.73. The smallest absolute Gasteiger partial charge is 0.496 e. The summed E-state index contributed by atoms with van der Waals surface area (Å²) in [6, 6.07) is 6.67. The van der Waals surface area contributed by atoms with Gasteiger partial charge >= 0.3 is 6.29 Å². The van der Waals surface area contributed by atoms with E-state index in [0.717, 1.165) is 29.1 Å². The second kappa shape index (κ2) is 8.35. The number of rotatable bonds is 7. The molecule has 10 nitrogen and oxygen atoms in total. The third-order valence-corrected chi connectivity index (χ3v) is 11.0. The molecule has 2 atom stereocenters. The topological polar surface area (TPSA) is 111 Å². The van der Waals surface area contributed by atoms with E-state index < -0.39 is 23.6 Å². The van der Waals surface area contributed by atoms with Gasteiger partial charge in [0.25, 0.3) is 11.8 Å². The number of thioether (sulfide) groups is 1. The minimum Gasteiger partial charge on any atom is -0.496 e. The number of ether oxygens (including phenoxy) is 4. The van der Waals surface area contributed by atoms with Crippen molar-refractivity contribution in [3.63, 3.8) is 0 Å². The largest absolute Gasteiger partial charge is 0.586 e. The van der Waals surface area contributed by atoms with Crippen molar-refractivity contribution in [1.82, 2.24) is 10.3 Å². The lowest BCUT2D eigenvalue weighted by atomic mass is 9.96. The molecule has 2 saturated carbocycles. The first-order valence-corrected chi connectivity index (χ1v) is 15.1. The average Bonchev–Trinajstić information content (AvgIpc) is 3.59. The summed E-state index contributed by atoms with van der Waals surface area (Å²) in [5.74, 6) is 0.687. The Morgan fingerprint density at radius 3 is 2.49 bits per heavy atom. The van der Waals surface area contributed by atoms with Crippen LogP contribution in [0.15, 0.2) is 24.3 Å². The first-order valence-electron chi connectivity index (χ1n) is 13.1. The second-order valence-electron chi connectivity index (χ2n) is 11.0. The molecule has 8 rings (SSSR count). The standard InChI is InChI=1S/C27H24F2N4O6S2/c1-36-17-4-3-15-21(41-24(31-15)33-12-5-13(33)9-40-8-12)20(17)23(35)30-16-7-19-18(38-27(28,29)39-19)6-14(16)22(34)32-25-10-26(25,11-25)37-2/h3-4,6-7,12-13H,5,8-11H2,1-2H3,(H,30,35)(H,32,34). The summed E-state index contributed by atoms with van der Waals surface area (Å²) in [7, 11) is 3.05. The number of carbonyl (C=O) groups is 2. The van der Waals surface area contributed by atoms with Crippen LogP contribution >= 0.6 is 23.1 Å². The molecule has 41 heavy (non-hydrogen) atoms. The second-order valence-corrected chi connectivity index (χ2v) is 13.1. The minimum absolute atomic E-state index is 0.00800. The Balaban J connectivity index is 1.15. The van der Waals surface area contributed by atoms with Crippen molar-refractivity contribution in [1.29, 1.82) is 0 Å². The number of amides is 2. The molecule has 14 heteroatoms. The fourth-order valence-corrected chi connectivity index (χ4v) is 8.76. The molecule has 0 radical (unpaired) electrons. The number of halogens is 2. The normalized spacial score (nSPS) is 29.4. The molecule has 1 aromatic heterocycles. The van der Waals surface area contributed by atoms with Gasteiger partial charge in [0, 0.05) is 49.6 Å². The van der Waals surface area contributed by atoms with Gasteiger partial charge in [0.05, 0.1) is 39.7 Å². The van der Waals surface area contributed by atoms with Crippen LogP contribution in [0.1, 0.15) is 40.0 Å². The number of nitrogens with one attached hydrogen (secondary N) is 2. The summed E-state index contributed by atoms with van der Waals surface area (Å²) in [5.41, 5.74) is -0.0263. The van der Waals surface area contributed by atoms with Crippen molar-refractivity contribution >= 4 is 55.9 Å². The highest BCUT2D eigenvalue weighted by atomic mass is 32.2. The Bertz CT molecular complexity index is 1640. The minimum atomic E-state index is -3.89. The SMILES string of the molecule is COc1ccc2nc(N3C4CSCC3C4)sc2c1C(=O)Nc1cc2c(cc1C(=O)NC13CC1(OC)C3)OC(F)(F)O2. The molecule has 4 fully saturated rings. The molecule has 2 bridgehead atoms. The first-order chi connectivity index (χ1) is 19.6. The quantitative estimate of drug-likeness (QED) is 0.410. The number of nitrogens with zero attached hydrogens (tertiary/aromatic N) is 2. The molecule has 3 aliphatic heterocycles. The van der Waals surface area contributed by atoms with Crippen molar-refractivity contribution in [2.45, 2.75) is 48.8 Å². The van der Waals surface area contributed by atoms with Crippen molar-refractivity contribution in [3.05, 3.63) is 35.4 Å². The Kier molecular flexibility index (Phi) is 5.17. The Morgan fingerprint density at radius 2 is 1.83 bits per heavy atom. The van der Waals surface area contributed by atoms with Gasteiger partial charge in [-0.3, -0.25) is 9.59 Å². The van der Waals surface area contributed by atoms with Gasteiger partial charge in [-0.05, 0) is 24.6 Å². The lowest BCUT2D eigenvalue weighted by Crippen LogP contribution is -2.61. The molecule has 0 spiro atoms. The average molecular weight is 603 g/mol. The zero-order chi connectivity index (χ0) is 28.3. The maximum atomic E-state index is 13.9. The van der Waals surface area contributed by atoms with Crippen LogP contribution in [0.3, 0.4) is 0 Å². The van der Waals surface area contributed by atoms with E-state index in [1.54, 1.807) is 13.2 Å². The molecule has 2 N–H and O–H groups in total. The van der Waals surface area contributed by atoms with Crippen molar-refractivity contribution < 1.29 is 37.3 Å². The molecule has 2 amide bonds. The summed E-state index contributed by atoms with van der Waals surface area (Å²) in [6.45, 7) is 0.